The highest BCUT2D eigenvalue weighted by Gasteiger charge is 2.76. The summed E-state index contributed by atoms with van der Waals surface area (Å²) < 4.78 is 16.9. The van der Waals surface area contributed by atoms with Crippen LogP contribution >= 0.6 is 15.9 Å². The minimum atomic E-state index is -1.11. The monoisotopic (exact) mass is 538 g/mol. The number of rotatable bonds is 10. The Morgan fingerprint density at radius 2 is 2.00 bits per heavy atom. The van der Waals surface area contributed by atoms with Crippen molar-refractivity contribution in [3.63, 3.8) is 0 Å². The van der Waals surface area contributed by atoms with Crippen LogP contribution in [-0.4, -0.2) is 77.2 Å². The molecule has 2 N–H and O–H groups in total. The standard InChI is InChI=1S/C24H31BrN2O7/c1-3-33-23(31)17-18-22(30)27(11-5-4-6-12-28)20(24(18)13-16(25)19(17)34-24)21(29)26-14-7-9-15(32-2)10-8-14/h7-10,16-20,28H,3-6,11-13H2,1-2H3,(H,26,29)/t16?,17-,18+,19-,20-,24+/m1/s1. The molecule has 3 heterocycles. The molecular formula is C24H31BrN2O7. The molecule has 3 aliphatic rings. The van der Waals surface area contributed by atoms with Crippen LogP contribution in [0.15, 0.2) is 24.3 Å². The summed E-state index contributed by atoms with van der Waals surface area (Å²) >= 11 is 3.62. The molecule has 186 valence electrons. The van der Waals surface area contributed by atoms with Gasteiger partial charge >= 0.3 is 5.97 Å². The van der Waals surface area contributed by atoms with Gasteiger partial charge in [0.1, 0.15) is 17.4 Å². The second kappa shape index (κ2) is 10.2. The number of likely N-dealkylation sites (tertiary alicyclic amines) is 1. The lowest BCUT2D eigenvalue weighted by Crippen LogP contribution is -2.54. The minimum absolute atomic E-state index is 0.0723. The number of amides is 2. The number of anilines is 1. The van der Waals surface area contributed by atoms with Gasteiger partial charge < -0.3 is 29.5 Å². The Bertz CT molecular complexity index is 926. The summed E-state index contributed by atoms with van der Waals surface area (Å²) in [5.74, 6) is -1.94. The molecule has 2 amide bonds. The summed E-state index contributed by atoms with van der Waals surface area (Å²) in [5, 5.41) is 12.0. The largest absolute Gasteiger partial charge is 0.497 e. The van der Waals surface area contributed by atoms with Gasteiger partial charge in [0.05, 0.1) is 31.7 Å². The number of halogens is 1. The number of benzene rings is 1. The molecule has 0 saturated carbocycles. The molecule has 1 unspecified atom stereocenters. The molecule has 1 spiro atoms. The fraction of sp³-hybridized carbons (Fsp3) is 0.625. The number of nitrogens with one attached hydrogen (secondary N) is 1. The minimum Gasteiger partial charge on any atom is -0.497 e. The van der Waals surface area contributed by atoms with Crippen LogP contribution in [0.1, 0.15) is 32.6 Å². The van der Waals surface area contributed by atoms with Gasteiger partial charge in [-0.2, -0.15) is 0 Å². The Labute approximate surface area is 207 Å². The van der Waals surface area contributed by atoms with E-state index in [4.69, 9.17) is 19.3 Å². The van der Waals surface area contributed by atoms with Crippen LogP contribution < -0.4 is 10.1 Å². The molecule has 1 aromatic carbocycles. The second-order valence-electron chi connectivity index (χ2n) is 8.95. The van der Waals surface area contributed by atoms with Crippen LogP contribution in [0.4, 0.5) is 5.69 Å². The van der Waals surface area contributed by atoms with E-state index in [1.807, 2.05) is 0 Å². The number of hydrogen-bond acceptors (Lipinski definition) is 7. The predicted molar refractivity (Wildman–Crippen MR) is 127 cm³/mol. The van der Waals surface area contributed by atoms with E-state index in [9.17, 15) is 14.4 Å². The molecule has 4 rings (SSSR count). The van der Waals surface area contributed by atoms with Crippen molar-refractivity contribution in [1.82, 2.24) is 4.90 Å². The van der Waals surface area contributed by atoms with E-state index in [2.05, 4.69) is 21.2 Å². The van der Waals surface area contributed by atoms with E-state index in [0.717, 1.165) is 6.42 Å². The normalized spacial score (nSPS) is 31.5. The van der Waals surface area contributed by atoms with E-state index in [0.29, 0.717) is 37.2 Å². The number of hydrogen-bond donors (Lipinski definition) is 2. The fourth-order valence-electron chi connectivity index (χ4n) is 5.63. The van der Waals surface area contributed by atoms with Crippen molar-refractivity contribution in [2.45, 2.75) is 55.2 Å². The predicted octanol–water partition coefficient (Wildman–Crippen LogP) is 2.11. The zero-order chi connectivity index (χ0) is 24.5. The van der Waals surface area contributed by atoms with E-state index in [1.54, 1.807) is 43.2 Å². The fourth-order valence-corrected chi connectivity index (χ4v) is 6.58. The lowest BCUT2D eigenvalue weighted by atomic mass is 9.70. The number of esters is 1. The lowest BCUT2D eigenvalue weighted by molar-refractivity contribution is -0.154. The van der Waals surface area contributed by atoms with Crippen LogP contribution in [0.5, 0.6) is 5.75 Å². The van der Waals surface area contributed by atoms with Gasteiger partial charge in [-0.05, 0) is 56.9 Å². The van der Waals surface area contributed by atoms with Gasteiger partial charge in [-0.3, -0.25) is 14.4 Å². The first-order valence-corrected chi connectivity index (χ1v) is 12.6. The van der Waals surface area contributed by atoms with Crippen molar-refractivity contribution in [2.75, 3.05) is 32.2 Å². The molecule has 0 radical (unpaired) electrons. The van der Waals surface area contributed by atoms with Crippen LogP contribution in [0, 0.1) is 11.8 Å². The maximum atomic E-state index is 13.7. The molecule has 6 atom stereocenters. The Balaban J connectivity index is 1.65. The Morgan fingerprint density at radius 1 is 1.26 bits per heavy atom. The molecule has 1 aromatic rings. The maximum Gasteiger partial charge on any atom is 0.312 e. The molecule has 3 fully saturated rings. The highest BCUT2D eigenvalue weighted by Crippen LogP contribution is 2.60. The summed E-state index contributed by atoms with van der Waals surface area (Å²) in [5.41, 5.74) is -0.538. The number of ether oxygens (including phenoxy) is 3. The van der Waals surface area contributed by atoms with E-state index in [1.165, 1.54) is 0 Å². The van der Waals surface area contributed by atoms with Crippen molar-refractivity contribution in [1.29, 1.82) is 0 Å². The van der Waals surface area contributed by atoms with Gasteiger partial charge in [0.25, 0.3) is 0 Å². The van der Waals surface area contributed by atoms with E-state index < -0.39 is 35.6 Å². The van der Waals surface area contributed by atoms with Gasteiger partial charge in [0.2, 0.25) is 11.8 Å². The molecule has 3 saturated heterocycles. The highest BCUT2D eigenvalue weighted by atomic mass is 79.9. The Kier molecular flexibility index (Phi) is 7.49. The summed E-state index contributed by atoms with van der Waals surface area (Å²) in [6.45, 7) is 2.34. The number of alkyl halides is 1. The first-order valence-electron chi connectivity index (χ1n) is 11.7. The van der Waals surface area contributed by atoms with Gasteiger partial charge in [-0.15, -0.1) is 0 Å². The van der Waals surface area contributed by atoms with Crippen LogP contribution in [0.25, 0.3) is 0 Å². The molecule has 34 heavy (non-hydrogen) atoms. The van der Waals surface area contributed by atoms with Crippen LogP contribution in [0.3, 0.4) is 0 Å². The molecule has 0 aliphatic carbocycles. The highest BCUT2D eigenvalue weighted by molar-refractivity contribution is 9.09. The number of aliphatic hydroxyl groups excluding tert-OH is 1. The van der Waals surface area contributed by atoms with E-state index in [-0.39, 0.29) is 29.9 Å². The first kappa shape index (κ1) is 24.9. The van der Waals surface area contributed by atoms with Crippen molar-refractivity contribution >= 4 is 39.4 Å². The third-order valence-corrected chi connectivity index (χ3v) is 7.86. The zero-order valence-electron chi connectivity index (χ0n) is 19.4. The Hall–Kier alpha value is -2.17. The average Bonchev–Trinajstić information content (AvgIpc) is 3.41. The van der Waals surface area contributed by atoms with Gasteiger partial charge in [-0.1, -0.05) is 15.9 Å². The van der Waals surface area contributed by atoms with E-state index >= 15 is 0 Å². The number of carbonyl (C=O) groups excluding carboxylic acids is 3. The SMILES string of the molecule is CCOC(=O)[C@H]1[C@@H]2O[C@@]3(CC2Br)[C@@H]1C(=O)N(CCCCCO)[C@@H]3C(=O)Nc1ccc(OC)cc1. The number of nitrogens with zero attached hydrogens (tertiary/aromatic N) is 1. The number of methoxy groups -OCH3 is 1. The third kappa shape index (κ3) is 4.20. The molecule has 10 heteroatoms. The van der Waals surface area contributed by atoms with Gasteiger partial charge in [0, 0.05) is 23.7 Å². The molecule has 2 bridgehead atoms. The van der Waals surface area contributed by atoms with Crippen molar-refractivity contribution in [3.05, 3.63) is 24.3 Å². The topological polar surface area (TPSA) is 114 Å². The number of unbranched alkanes of at least 4 members (excludes halogenated alkanes) is 2. The third-order valence-electron chi connectivity index (χ3n) is 7.01. The summed E-state index contributed by atoms with van der Waals surface area (Å²) in [4.78, 5) is 41.6. The molecule has 9 nitrogen and oxygen atoms in total. The second-order valence-corrected chi connectivity index (χ2v) is 10.1. The summed E-state index contributed by atoms with van der Waals surface area (Å²) in [7, 11) is 1.57. The molecule has 3 aliphatic heterocycles. The van der Waals surface area contributed by atoms with Crippen LogP contribution in [-0.2, 0) is 23.9 Å². The van der Waals surface area contributed by atoms with Gasteiger partial charge in [-0.25, -0.2) is 0 Å². The smallest absolute Gasteiger partial charge is 0.312 e. The summed E-state index contributed by atoms with van der Waals surface area (Å²) in [6.07, 6.45) is 1.88. The quantitative estimate of drug-likeness (QED) is 0.266. The van der Waals surface area contributed by atoms with Crippen molar-refractivity contribution in [3.8, 4) is 5.75 Å². The number of aliphatic hydroxyl groups is 1. The molecular weight excluding hydrogens is 508 g/mol. The number of fused-ring (bicyclic) bond motifs is 1. The molecule has 0 aromatic heterocycles. The zero-order valence-corrected chi connectivity index (χ0v) is 21.0. The van der Waals surface area contributed by atoms with Crippen molar-refractivity contribution < 1.29 is 33.7 Å². The Morgan fingerprint density at radius 3 is 2.65 bits per heavy atom. The average molecular weight is 539 g/mol. The maximum absolute atomic E-state index is 13.7. The van der Waals surface area contributed by atoms with Crippen LogP contribution in [0.2, 0.25) is 0 Å². The first-order chi connectivity index (χ1) is 16.4. The summed E-state index contributed by atoms with van der Waals surface area (Å²) in [6, 6.07) is 6.06. The van der Waals surface area contributed by atoms with Gasteiger partial charge in [0.15, 0.2) is 0 Å². The lowest BCUT2D eigenvalue weighted by Gasteiger charge is -2.34. The van der Waals surface area contributed by atoms with Crippen molar-refractivity contribution in [2.24, 2.45) is 11.8 Å². The number of carbonyl (C=O) groups is 3.